The number of aromatic nitrogens is 3. The Hall–Kier alpha value is -1.63. The van der Waals surface area contributed by atoms with E-state index in [9.17, 15) is 4.79 Å². The smallest absolute Gasteiger partial charge is 0.239 e. The lowest BCUT2D eigenvalue weighted by Gasteiger charge is -2.38. The second-order valence-electron chi connectivity index (χ2n) is 5.89. The fourth-order valence-electron chi connectivity index (χ4n) is 3.22. The normalized spacial score (nSPS) is 22.3. The van der Waals surface area contributed by atoms with Gasteiger partial charge >= 0.3 is 0 Å². The van der Waals surface area contributed by atoms with E-state index in [1.807, 2.05) is 4.90 Å². The van der Waals surface area contributed by atoms with Crippen LogP contribution < -0.4 is 4.90 Å². The van der Waals surface area contributed by atoms with Gasteiger partial charge in [-0.1, -0.05) is 6.42 Å². The Kier molecular flexibility index (Phi) is 4.38. The molecule has 0 bridgehead atoms. The first-order valence-corrected chi connectivity index (χ1v) is 7.89. The van der Waals surface area contributed by atoms with Gasteiger partial charge < -0.3 is 9.80 Å². The van der Waals surface area contributed by atoms with Crippen LogP contribution in [0.2, 0.25) is 0 Å². The van der Waals surface area contributed by atoms with Gasteiger partial charge in [-0.2, -0.15) is 10.1 Å². The summed E-state index contributed by atoms with van der Waals surface area (Å²) in [7, 11) is 0. The maximum Gasteiger partial charge on any atom is 0.239 e. The van der Waals surface area contributed by atoms with E-state index in [1.54, 1.807) is 0 Å². The molecular weight excluding hydrogens is 268 g/mol. The first kappa shape index (κ1) is 14.3. The number of rotatable bonds is 3. The van der Waals surface area contributed by atoms with Gasteiger partial charge in [-0.15, -0.1) is 0 Å². The summed E-state index contributed by atoms with van der Waals surface area (Å²) in [5, 5.41) is 6.75. The van der Waals surface area contributed by atoms with E-state index in [0.717, 1.165) is 45.2 Å². The highest BCUT2D eigenvalue weighted by molar-refractivity contribution is 5.81. The lowest BCUT2D eigenvalue weighted by Crippen LogP contribution is -2.55. The lowest BCUT2D eigenvalue weighted by atomic mass is 10.1. The van der Waals surface area contributed by atoms with Gasteiger partial charge in [-0.3, -0.25) is 9.69 Å². The van der Waals surface area contributed by atoms with Gasteiger partial charge in [0, 0.05) is 26.2 Å². The maximum atomic E-state index is 12.6. The Balaban J connectivity index is 1.52. The van der Waals surface area contributed by atoms with Crippen molar-refractivity contribution in [2.24, 2.45) is 0 Å². The molecule has 3 rings (SSSR count). The molecule has 1 N–H and O–H groups in total. The Labute approximate surface area is 125 Å². The summed E-state index contributed by atoms with van der Waals surface area (Å²) in [6.45, 7) is 7.32. The van der Waals surface area contributed by atoms with Crippen LogP contribution in [0.4, 0.5) is 5.95 Å². The standard InChI is InChI=1S/C14H24N6O/c1-12(18-5-3-2-4-6-18)13(21)19-7-9-20(10-8-19)14-15-11-16-17-14/h11-12H,2-10H2,1H3,(H,15,16,17). The number of carbonyl (C=O) groups excluding carboxylic acids is 1. The third-order valence-electron chi connectivity index (χ3n) is 4.59. The predicted molar refractivity (Wildman–Crippen MR) is 80.1 cm³/mol. The molecule has 2 saturated heterocycles. The van der Waals surface area contributed by atoms with E-state index in [-0.39, 0.29) is 11.9 Å². The Bertz CT molecular complexity index is 448. The van der Waals surface area contributed by atoms with E-state index in [4.69, 9.17) is 0 Å². The Morgan fingerprint density at radius 2 is 1.86 bits per heavy atom. The minimum absolute atomic E-state index is 0.0159. The fourth-order valence-corrected chi connectivity index (χ4v) is 3.22. The first-order chi connectivity index (χ1) is 10.3. The highest BCUT2D eigenvalue weighted by Crippen LogP contribution is 2.15. The molecule has 3 heterocycles. The van der Waals surface area contributed by atoms with Gasteiger partial charge in [0.2, 0.25) is 11.9 Å². The quantitative estimate of drug-likeness (QED) is 0.869. The minimum Gasteiger partial charge on any atom is -0.338 e. The monoisotopic (exact) mass is 292 g/mol. The zero-order chi connectivity index (χ0) is 14.7. The van der Waals surface area contributed by atoms with Gasteiger partial charge in [-0.25, -0.2) is 5.10 Å². The maximum absolute atomic E-state index is 12.6. The first-order valence-electron chi connectivity index (χ1n) is 7.89. The number of likely N-dealkylation sites (tertiary alicyclic amines) is 1. The number of piperidine rings is 1. The minimum atomic E-state index is 0.0159. The number of amides is 1. The van der Waals surface area contributed by atoms with Crippen molar-refractivity contribution >= 4 is 11.9 Å². The largest absolute Gasteiger partial charge is 0.338 e. The van der Waals surface area contributed by atoms with Gasteiger partial charge in [0.1, 0.15) is 6.33 Å². The highest BCUT2D eigenvalue weighted by atomic mass is 16.2. The summed E-state index contributed by atoms with van der Waals surface area (Å²) >= 11 is 0. The number of carbonyl (C=O) groups is 1. The SMILES string of the molecule is CC(C(=O)N1CCN(c2ncn[nH]2)CC1)N1CCCCC1. The summed E-state index contributed by atoms with van der Waals surface area (Å²) < 4.78 is 0. The number of aromatic amines is 1. The molecule has 21 heavy (non-hydrogen) atoms. The van der Waals surface area contributed by atoms with Crippen LogP contribution in [-0.2, 0) is 4.79 Å². The van der Waals surface area contributed by atoms with Crippen LogP contribution in [0.25, 0.3) is 0 Å². The molecule has 1 amide bonds. The van der Waals surface area contributed by atoms with Crippen molar-refractivity contribution in [2.75, 3.05) is 44.2 Å². The van der Waals surface area contributed by atoms with Gasteiger partial charge in [-0.05, 0) is 32.9 Å². The van der Waals surface area contributed by atoms with Crippen molar-refractivity contribution < 1.29 is 4.79 Å². The molecule has 2 fully saturated rings. The van der Waals surface area contributed by atoms with Crippen molar-refractivity contribution in [1.82, 2.24) is 25.0 Å². The average Bonchev–Trinajstić information content (AvgIpc) is 3.09. The number of H-pyrrole nitrogens is 1. The van der Waals surface area contributed by atoms with Crippen LogP contribution in [0.15, 0.2) is 6.33 Å². The van der Waals surface area contributed by atoms with Crippen LogP contribution >= 0.6 is 0 Å². The molecule has 0 radical (unpaired) electrons. The lowest BCUT2D eigenvalue weighted by molar-refractivity contribution is -0.137. The fraction of sp³-hybridized carbons (Fsp3) is 0.786. The summed E-state index contributed by atoms with van der Waals surface area (Å²) in [5.41, 5.74) is 0. The molecule has 0 aromatic carbocycles. The number of hydrogen-bond acceptors (Lipinski definition) is 5. The predicted octanol–water partition coefficient (Wildman–Crippen LogP) is 0.328. The molecule has 2 aliphatic heterocycles. The molecular formula is C14H24N6O. The third-order valence-corrected chi connectivity index (χ3v) is 4.59. The molecule has 1 aromatic heterocycles. The summed E-state index contributed by atoms with van der Waals surface area (Å²) in [4.78, 5) is 23.2. The molecule has 116 valence electrons. The topological polar surface area (TPSA) is 68.4 Å². The molecule has 7 heteroatoms. The van der Waals surface area contributed by atoms with Crippen molar-refractivity contribution in [2.45, 2.75) is 32.2 Å². The zero-order valence-corrected chi connectivity index (χ0v) is 12.7. The number of hydrogen-bond donors (Lipinski definition) is 1. The van der Waals surface area contributed by atoms with E-state index >= 15 is 0 Å². The molecule has 0 aliphatic carbocycles. The second-order valence-corrected chi connectivity index (χ2v) is 5.89. The van der Waals surface area contributed by atoms with Crippen LogP contribution in [0, 0.1) is 0 Å². The van der Waals surface area contributed by atoms with Crippen molar-refractivity contribution in [3.63, 3.8) is 0 Å². The van der Waals surface area contributed by atoms with Gasteiger partial charge in [0.15, 0.2) is 0 Å². The Morgan fingerprint density at radius 3 is 2.48 bits per heavy atom. The van der Waals surface area contributed by atoms with E-state index < -0.39 is 0 Å². The van der Waals surface area contributed by atoms with E-state index in [1.165, 1.54) is 25.6 Å². The van der Waals surface area contributed by atoms with Crippen LogP contribution in [-0.4, -0.2) is 76.2 Å². The van der Waals surface area contributed by atoms with E-state index in [2.05, 4.69) is 31.9 Å². The molecule has 1 atom stereocenters. The summed E-state index contributed by atoms with van der Waals surface area (Å²) in [6.07, 6.45) is 5.26. The number of nitrogens with one attached hydrogen (secondary N) is 1. The number of nitrogens with zero attached hydrogens (tertiary/aromatic N) is 5. The summed E-state index contributed by atoms with van der Waals surface area (Å²) in [6, 6.07) is 0.0159. The Morgan fingerprint density at radius 1 is 1.14 bits per heavy atom. The van der Waals surface area contributed by atoms with Crippen LogP contribution in [0.3, 0.4) is 0 Å². The molecule has 0 saturated carbocycles. The van der Waals surface area contributed by atoms with Gasteiger partial charge in [0.05, 0.1) is 6.04 Å². The van der Waals surface area contributed by atoms with Crippen molar-refractivity contribution in [3.8, 4) is 0 Å². The van der Waals surface area contributed by atoms with Crippen LogP contribution in [0.1, 0.15) is 26.2 Å². The number of piperazine rings is 1. The summed E-state index contributed by atoms with van der Waals surface area (Å²) in [5.74, 6) is 1.07. The molecule has 1 unspecified atom stereocenters. The third kappa shape index (κ3) is 3.18. The van der Waals surface area contributed by atoms with Crippen LogP contribution in [0.5, 0.6) is 0 Å². The van der Waals surface area contributed by atoms with E-state index in [0.29, 0.717) is 0 Å². The highest BCUT2D eigenvalue weighted by Gasteiger charge is 2.29. The average molecular weight is 292 g/mol. The molecule has 2 aliphatic rings. The van der Waals surface area contributed by atoms with Crippen molar-refractivity contribution in [1.29, 1.82) is 0 Å². The second kappa shape index (κ2) is 6.43. The van der Waals surface area contributed by atoms with Crippen molar-refractivity contribution in [3.05, 3.63) is 6.33 Å². The molecule has 7 nitrogen and oxygen atoms in total. The zero-order valence-electron chi connectivity index (χ0n) is 12.7. The number of anilines is 1. The van der Waals surface area contributed by atoms with Gasteiger partial charge in [0.25, 0.3) is 0 Å². The molecule has 1 aromatic rings. The molecule has 0 spiro atoms.